The highest BCUT2D eigenvalue weighted by molar-refractivity contribution is 5.92. The second-order valence-corrected chi connectivity index (χ2v) is 6.43. The third kappa shape index (κ3) is 3.34. The van der Waals surface area contributed by atoms with Crippen molar-refractivity contribution < 1.29 is 14.3 Å². The Bertz CT molecular complexity index is 1030. The smallest absolute Gasteiger partial charge is 0.338 e. The standard InChI is InChI=1S/C21H20N4O3/c1-14-18(20(26)27-2)19(25-21(24-14)22-13-23-25)16-9-6-10-17(11-16)28-12-15-7-4-3-5-8-15/h3-11,13,19H,12H2,1-2H3,(H,22,23,24)/t19-/m0/s1. The second-order valence-electron chi connectivity index (χ2n) is 6.43. The molecule has 142 valence electrons. The van der Waals surface area contributed by atoms with Crippen LogP contribution in [0.1, 0.15) is 24.1 Å². The molecule has 1 aliphatic rings. The normalized spacial score (nSPS) is 15.6. The minimum Gasteiger partial charge on any atom is -0.489 e. The fourth-order valence-corrected chi connectivity index (χ4v) is 3.29. The molecule has 0 amide bonds. The summed E-state index contributed by atoms with van der Waals surface area (Å²) < 4.78 is 12.6. The molecular formula is C21H20N4O3. The van der Waals surface area contributed by atoms with E-state index in [4.69, 9.17) is 9.47 Å². The Morgan fingerprint density at radius 1 is 1.18 bits per heavy atom. The molecule has 0 unspecified atom stereocenters. The summed E-state index contributed by atoms with van der Waals surface area (Å²) in [7, 11) is 1.37. The summed E-state index contributed by atoms with van der Waals surface area (Å²) in [5, 5.41) is 7.40. The number of aromatic nitrogens is 3. The van der Waals surface area contributed by atoms with Crippen molar-refractivity contribution in [2.24, 2.45) is 0 Å². The number of fused-ring (bicyclic) bond motifs is 1. The van der Waals surface area contributed by atoms with Gasteiger partial charge in [-0.3, -0.25) is 0 Å². The molecular weight excluding hydrogens is 356 g/mol. The number of nitrogens with one attached hydrogen (secondary N) is 1. The number of carbonyl (C=O) groups is 1. The zero-order valence-corrected chi connectivity index (χ0v) is 15.6. The minimum absolute atomic E-state index is 0.410. The molecule has 0 saturated heterocycles. The summed E-state index contributed by atoms with van der Waals surface area (Å²) in [5.74, 6) is 0.876. The van der Waals surface area contributed by atoms with Crippen LogP contribution in [0.5, 0.6) is 5.75 Å². The first-order chi connectivity index (χ1) is 13.7. The van der Waals surface area contributed by atoms with Gasteiger partial charge in [-0.05, 0) is 30.2 Å². The van der Waals surface area contributed by atoms with Crippen molar-refractivity contribution in [1.29, 1.82) is 0 Å². The Morgan fingerprint density at radius 3 is 2.79 bits per heavy atom. The van der Waals surface area contributed by atoms with Gasteiger partial charge in [0.05, 0.1) is 12.7 Å². The maximum Gasteiger partial charge on any atom is 0.338 e. The maximum absolute atomic E-state index is 12.5. The molecule has 0 fully saturated rings. The highest BCUT2D eigenvalue weighted by Crippen LogP contribution is 2.36. The largest absolute Gasteiger partial charge is 0.489 e. The molecule has 28 heavy (non-hydrogen) atoms. The van der Waals surface area contributed by atoms with Crippen molar-refractivity contribution in [2.45, 2.75) is 19.6 Å². The third-order valence-electron chi connectivity index (χ3n) is 4.62. The Kier molecular flexibility index (Phi) is 4.80. The molecule has 7 heteroatoms. The number of allylic oxidation sites excluding steroid dienone is 1. The second kappa shape index (κ2) is 7.56. The van der Waals surface area contributed by atoms with Gasteiger partial charge in [0.2, 0.25) is 5.95 Å². The van der Waals surface area contributed by atoms with Crippen molar-refractivity contribution in [3.8, 4) is 5.75 Å². The molecule has 2 aromatic carbocycles. The Labute approximate surface area is 162 Å². The molecule has 1 atom stereocenters. The minimum atomic E-state index is -0.452. The monoisotopic (exact) mass is 376 g/mol. The number of hydrogen-bond acceptors (Lipinski definition) is 6. The molecule has 7 nitrogen and oxygen atoms in total. The van der Waals surface area contributed by atoms with E-state index in [1.807, 2.05) is 61.5 Å². The van der Waals surface area contributed by atoms with E-state index in [2.05, 4.69) is 15.4 Å². The van der Waals surface area contributed by atoms with E-state index in [0.717, 1.165) is 11.1 Å². The van der Waals surface area contributed by atoms with Gasteiger partial charge in [0.1, 0.15) is 24.7 Å². The number of carbonyl (C=O) groups excluding carboxylic acids is 1. The molecule has 1 aromatic heterocycles. The zero-order valence-electron chi connectivity index (χ0n) is 15.6. The van der Waals surface area contributed by atoms with Gasteiger partial charge in [-0.25, -0.2) is 9.48 Å². The first-order valence-corrected chi connectivity index (χ1v) is 8.89. The highest BCUT2D eigenvalue weighted by Gasteiger charge is 2.34. The predicted octanol–water partition coefficient (Wildman–Crippen LogP) is 3.32. The topological polar surface area (TPSA) is 78.3 Å². The van der Waals surface area contributed by atoms with Crippen molar-refractivity contribution in [2.75, 3.05) is 12.4 Å². The molecule has 0 bridgehead atoms. The lowest BCUT2D eigenvalue weighted by molar-refractivity contribution is -0.136. The number of anilines is 1. The van der Waals surface area contributed by atoms with Crippen LogP contribution in [0.2, 0.25) is 0 Å². The molecule has 0 radical (unpaired) electrons. The number of ether oxygens (including phenoxy) is 2. The zero-order chi connectivity index (χ0) is 19.5. The average molecular weight is 376 g/mol. The van der Waals surface area contributed by atoms with Crippen molar-refractivity contribution in [3.63, 3.8) is 0 Å². The van der Waals surface area contributed by atoms with Crippen molar-refractivity contribution in [3.05, 3.63) is 83.3 Å². The Morgan fingerprint density at radius 2 is 2.00 bits per heavy atom. The highest BCUT2D eigenvalue weighted by atomic mass is 16.5. The molecule has 0 saturated carbocycles. The molecule has 0 aliphatic carbocycles. The fourth-order valence-electron chi connectivity index (χ4n) is 3.29. The lowest BCUT2D eigenvalue weighted by Crippen LogP contribution is -2.29. The van der Waals surface area contributed by atoms with Crippen LogP contribution in [-0.4, -0.2) is 27.8 Å². The van der Waals surface area contributed by atoms with Crippen LogP contribution < -0.4 is 10.1 Å². The fraction of sp³-hybridized carbons (Fsp3) is 0.190. The lowest BCUT2D eigenvalue weighted by atomic mass is 9.95. The van der Waals surface area contributed by atoms with Crippen LogP contribution in [0.25, 0.3) is 0 Å². The van der Waals surface area contributed by atoms with Gasteiger partial charge in [0.25, 0.3) is 0 Å². The summed E-state index contributed by atoms with van der Waals surface area (Å²) in [6.07, 6.45) is 1.46. The van der Waals surface area contributed by atoms with Gasteiger partial charge in [0, 0.05) is 5.70 Å². The average Bonchev–Trinajstić information content (AvgIpc) is 3.19. The van der Waals surface area contributed by atoms with E-state index in [9.17, 15) is 4.79 Å². The Hall–Kier alpha value is -3.61. The number of hydrogen-bond donors (Lipinski definition) is 1. The summed E-state index contributed by atoms with van der Waals surface area (Å²) in [4.78, 5) is 16.7. The van der Waals surface area contributed by atoms with Crippen LogP contribution in [0, 0.1) is 0 Å². The number of nitrogens with zero attached hydrogens (tertiary/aromatic N) is 3. The van der Waals surface area contributed by atoms with Crippen LogP contribution in [0.4, 0.5) is 5.95 Å². The molecule has 0 spiro atoms. The Balaban J connectivity index is 1.68. The molecule has 1 aliphatic heterocycles. The van der Waals surface area contributed by atoms with E-state index < -0.39 is 12.0 Å². The number of rotatable bonds is 5. The van der Waals surface area contributed by atoms with Gasteiger partial charge in [-0.2, -0.15) is 10.1 Å². The summed E-state index contributed by atoms with van der Waals surface area (Å²) in [6.45, 7) is 2.29. The van der Waals surface area contributed by atoms with E-state index >= 15 is 0 Å². The van der Waals surface area contributed by atoms with Crippen LogP contribution in [0.15, 0.2) is 72.2 Å². The summed E-state index contributed by atoms with van der Waals surface area (Å²) in [5.41, 5.74) is 3.12. The molecule has 1 N–H and O–H groups in total. The van der Waals surface area contributed by atoms with Gasteiger partial charge >= 0.3 is 5.97 Å². The van der Waals surface area contributed by atoms with Crippen molar-refractivity contribution >= 4 is 11.9 Å². The number of benzene rings is 2. The van der Waals surface area contributed by atoms with E-state index in [-0.39, 0.29) is 0 Å². The van der Waals surface area contributed by atoms with E-state index in [1.165, 1.54) is 13.4 Å². The quantitative estimate of drug-likeness (QED) is 0.688. The third-order valence-corrected chi connectivity index (χ3v) is 4.62. The predicted molar refractivity (Wildman–Crippen MR) is 104 cm³/mol. The van der Waals surface area contributed by atoms with Crippen LogP contribution in [0.3, 0.4) is 0 Å². The molecule has 2 heterocycles. The first kappa shape index (κ1) is 17.8. The molecule has 4 rings (SSSR count). The van der Waals surface area contributed by atoms with Gasteiger partial charge in [-0.1, -0.05) is 42.5 Å². The number of esters is 1. The molecule has 3 aromatic rings. The number of methoxy groups -OCH3 is 1. The van der Waals surface area contributed by atoms with Gasteiger partial charge in [-0.15, -0.1) is 0 Å². The van der Waals surface area contributed by atoms with E-state index in [1.54, 1.807) is 4.68 Å². The van der Waals surface area contributed by atoms with Crippen molar-refractivity contribution in [1.82, 2.24) is 14.8 Å². The van der Waals surface area contributed by atoms with Gasteiger partial charge < -0.3 is 14.8 Å². The first-order valence-electron chi connectivity index (χ1n) is 8.89. The lowest BCUT2D eigenvalue weighted by Gasteiger charge is -2.28. The van der Waals surface area contributed by atoms with Gasteiger partial charge in [0.15, 0.2) is 0 Å². The summed E-state index contributed by atoms with van der Waals surface area (Å²) in [6, 6.07) is 17.2. The van der Waals surface area contributed by atoms with Crippen LogP contribution >= 0.6 is 0 Å². The maximum atomic E-state index is 12.5. The SMILES string of the molecule is COC(=O)C1=C(C)Nc2ncnn2[C@H]1c1cccc(OCc2ccccc2)c1. The summed E-state index contributed by atoms with van der Waals surface area (Å²) >= 11 is 0. The van der Waals surface area contributed by atoms with Crippen LogP contribution in [-0.2, 0) is 16.1 Å². The van der Waals surface area contributed by atoms with E-state index in [0.29, 0.717) is 29.6 Å².